The van der Waals surface area contributed by atoms with Gasteiger partial charge < -0.3 is 5.11 Å². The first-order valence-corrected chi connectivity index (χ1v) is 5.92. The molecule has 15 heavy (non-hydrogen) atoms. The Morgan fingerprint density at radius 2 is 2.00 bits per heavy atom. The number of carbonyl (C=O) groups is 1. The van der Waals surface area contributed by atoms with Gasteiger partial charge in [-0.3, -0.25) is 4.79 Å². The molecule has 0 radical (unpaired) electrons. The molecule has 3 heteroatoms. The summed E-state index contributed by atoms with van der Waals surface area (Å²) in [6.45, 7) is 0. The van der Waals surface area contributed by atoms with E-state index in [0.717, 1.165) is 11.3 Å². The second-order valence-electron chi connectivity index (χ2n) is 3.43. The second-order valence-corrected chi connectivity index (χ2v) is 4.41. The predicted molar refractivity (Wildman–Crippen MR) is 61.6 cm³/mol. The Morgan fingerprint density at radius 3 is 2.67 bits per heavy atom. The van der Waals surface area contributed by atoms with Gasteiger partial charge in [-0.1, -0.05) is 30.3 Å². The first-order valence-electron chi connectivity index (χ1n) is 4.87. The van der Waals surface area contributed by atoms with Gasteiger partial charge in [-0.05, 0) is 11.0 Å². The van der Waals surface area contributed by atoms with E-state index in [1.54, 1.807) is 17.2 Å². The topological polar surface area (TPSA) is 37.3 Å². The molecular formula is C12H12O2S. The second kappa shape index (κ2) is 4.64. The van der Waals surface area contributed by atoms with Gasteiger partial charge in [0.15, 0.2) is 5.78 Å². The van der Waals surface area contributed by atoms with Crippen molar-refractivity contribution in [3.63, 3.8) is 0 Å². The zero-order chi connectivity index (χ0) is 10.7. The Balaban J connectivity index is 2.24. The molecule has 0 spiro atoms. The van der Waals surface area contributed by atoms with Crippen LogP contribution in [-0.2, 0) is 4.79 Å². The van der Waals surface area contributed by atoms with Crippen LogP contribution in [0.4, 0.5) is 0 Å². The van der Waals surface area contributed by atoms with E-state index in [0.29, 0.717) is 12.0 Å². The maximum atomic E-state index is 11.6. The molecule has 0 aliphatic carbocycles. The molecule has 1 heterocycles. The molecule has 2 rings (SSSR count). The number of benzene rings is 1. The summed E-state index contributed by atoms with van der Waals surface area (Å²) in [5.41, 5.74) is 1.30. The van der Waals surface area contributed by atoms with E-state index in [9.17, 15) is 9.90 Å². The highest BCUT2D eigenvalue weighted by molar-refractivity contribution is 8.02. The summed E-state index contributed by atoms with van der Waals surface area (Å²) in [7, 11) is 0. The van der Waals surface area contributed by atoms with Crippen LogP contribution in [0.1, 0.15) is 18.1 Å². The van der Waals surface area contributed by atoms with E-state index < -0.39 is 6.10 Å². The standard InChI is InChI=1S/C12H12O2S/c13-11-6-7-15-8-10(11)12(14)9-4-2-1-3-5-9/h1-5,8,12,14H,6-7H2. The number of hydrogen-bond donors (Lipinski definition) is 1. The molecule has 2 nitrogen and oxygen atoms in total. The number of hydrogen-bond acceptors (Lipinski definition) is 3. The number of rotatable bonds is 2. The van der Waals surface area contributed by atoms with E-state index in [1.165, 1.54) is 0 Å². The predicted octanol–water partition coefficient (Wildman–Crippen LogP) is 2.31. The molecule has 1 aromatic rings. The number of carbonyl (C=O) groups excluding carboxylic acids is 1. The van der Waals surface area contributed by atoms with Crippen LogP contribution < -0.4 is 0 Å². The Hall–Kier alpha value is -1.06. The van der Waals surface area contributed by atoms with Gasteiger partial charge in [0.25, 0.3) is 0 Å². The lowest BCUT2D eigenvalue weighted by Gasteiger charge is -2.17. The van der Waals surface area contributed by atoms with Gasteiger partial charge in [-0.2, -0.15) is 0 Å². The number of aliphatic hydroxyl groups is 1. The van der Waals surface area contributed by atoms with Crippen LogP contribution in [0.15, 0.2) is 41.3 Å². The van der Waals surface area contributed by atoms with E-state index in [4.69, 9.17) is 0 Å². The van der Waals surface area contributed by atoms with Crippen molar-refractivity contribution >= 4 is 17.5 Å². The SMILES string of the molecule is O=C1CCSC=C1C(O)c1ccccc1. The molecule has 1 aliphatic heterocycles. The van der Waals surface area contributed by atoms with Gasteiger partial charge in [0.1, 0.15) is 6.10 Å². The average molecular weight is 220 g/mol. The fraction of sp³-hybridized carbons (Fsp3) is 0.250. The summed E-state index contributed by atoms with van der Waals surface area (Å²) >= 11 is 1.59. The molecule has 1 aromatic carbocycles. The Bertz CT molecular complexity index is 384. The van der Waals surface area contributed by atoms with Crippen LogP contribution in [0.25, 0.3) is 0 Å². The van der Waals surface area contributed by atoms with Crippen molar-refractivity contribution in [2.75, 3.05) is 5.75 Å². The van der Waals surface area contributed by atoms with Gasteiger partial charge in [0.2, 0.25) is 0 Å². The quantitative estimate of drug-likeness (QED) is 0.831. The van der Waals surface area contributed by atoms with Crippen LogP contribution in [0, 0.1) is 0 Å². The average Bonchev–Trinajstić information content (AvgIpc) is 2.30. The highest BCUT2D eigenvalue weighted by Crippen LogP contribution is 2.29. The highest BCUT2D eigenvalue weighted by atomic mass is 32.2. The Kier molecular flexibility index (Phi) is 3.23. The lowest BCUT2D eigenvalue weighted by molar-refractivity contribution is -0.116. The monoisotopic (exact) mass is 220 g/mol. The van der Waals surface area contributed by atoms with Gasteiger partial charge in [-0.25, -0.2) is 0 Å². The molecule has 1 aliphatic rings. The summed E-state index contributed by atoms with van der Waals surface area (Å²) in [5.74, 6) is 0.884. The molecule has 0 saturated heterocycles. The van der Waals surface area contributed by atoms with E-state index in [-0.39, 0.29) is 5.78 Å². The number of thioether (sulfide) groups is 1. The first kappa shape index (κ1) is 10.5. The maximum absolute atomic E-state index is 11.6. The van der Waals surface area contributed by atoms with E-state index in [1.807, 2.05) is 30.3 Å². The summed E-state index contributed by atoms with van der Waals surface area (Å²) in [5, 5.41) is 11.8. The summed E-state index contributed by atoms with van der Waals surface area (Å²) in [6.07, 6.45) is -0.244. The van der Waals surface area contributed by atoms with Crippen molar-refractivity contribution in [2.24, 2.45) is 0 Å². The zero-order valence-corrected chi connectivity index (χ0v) is 9.04. The molecule has 0 saturated carbocycles. The fourth-order valence-electron chi connectivity index (χ4n) is 1.54. The van der Waals surface area contributed by atoms with Crippen molar-refractivity contribution in [3.8, 4) is 0 Å². The Labute approximate surface area is 93.0 Å². The van der Waals surface area contributed by atoms with Crippen molar-refractivity contribution < 1.29 is 9.90 Å². The van der Waals surface area contributed by atoms with Gasteiger partial charge in [-0.15, -0.1) is 11.8 Å². The van der Waals surface area contributed by atoms with E-state index >= 15 is 0 Å². The minimum absolute atomic E-state index is 0.0603. The third-order valence-electron chi connectivity index (χ3n) is 2.39. The van der Waals surface area contributed by atoms with Gasteiger partial charge >= 0.3 is 0 Å². The summed E-state index contributed by atoms with van der Waals surface area (Å²) in [4.78, 5) is 11.6. The number of aliphatic hydroxyl groups excluding tert-OH is 1. The lowest BCUT2D eigenvalue weighted by atomic mass is 9.98. The van der Waals surface area contributed by atoms with Gasteiger partial charge in [0, 0.05) is 17.7 Å². The van der Waals surface area contributed by atoms with Crippen LogP contribution in [0.5, 0.6) is 0 Å². The minimum Gasteiger partial charge on any atom is -0.384 e. The van der Waals surface area contributed by atoms with Crippen LogP contribution in [-0.4, -0.2) is 16.6 Å². The van der Waals surface area contributed by atoms with Crippen molar-refractivity contribution in [1.29, 1.82) is 0 Å². The third-order valence-corrected chi connectivity index (χ3v) is 3.25. The summed E-state index contributed by atoms with van der Waals surface area (Å²) < 4.78 is 0. The molecule has 1 atom stereocenters. The Morgan fingerprint density at radius 1 is 1.27 bits per heavy atom. The van der Waals surface area contributed by atoms with Crippen molar-refractivity contribution in [3.05, 3.63) is 46.9 Å². The lowest BCUT2D eigenvalue weighted by Crippen LogP contribution is -2.14. The normalized spacial score (nSPS) is 18.5. The molecule has 1 unspecified atom stereocenters. The van der Waals surface area contributed by atoms with E-state index in [2.05, 4.69) is 0 Å². The highest BCUT2D eigenvalue weighted by Gasteiger charge is 2.22. The van der Waals surface area contributed by atoms with Gasteiger partial charge in [0.05, 0.1) is 0 Å². The maximum Gasteiger partial charge on any atom is 0.163 e. The summed E-state index contributed by atoms with van der Waals surface area (Å²) in [6, 6.07) is 9.28. The van der Waals surface area contributed by atoms with Crippen LogP contribution in [0.3, 0.4) is 0 Å². The number of ketones is 1. The fourth-order valence-corrected chi connectivity index (χ4v) is 2.40. The van der Waals surface area contributed by atoms with Crippen LogP contribution >= 0.6 is 11.8 Å². The number of Topliss-reactive ketones (excluding diaryl/α,β-unsaturated/α-hetero) is 1. The zero-order valence-electron chi connectivity index (χ0n) is 8.22. The molecule has 0 bridgehead atoms. The molecule has 0 amide bonds. The van der Waals surface area contributed by atoms with Crippen LogP contribution in [0.2, 0.25) is 0 Å². The molecule has 0 aromatic heterocycles. The first-order chi connectivity index (χ1) is 7.29. The smallest absolute Gasteiger partial charge is 0.163 e. The van der Waals surface area contributed by atoms with Crippen molar-refractivity contribution in [2.45, 2.75) is 12.5 Å². The minimum atomic E-state index is -0.772. The van der Waals surface area contributed by atoms with Crippen molar-refractivity contribution in [1.82, 2.24) is 0 Å². The molecule has 0 fully saturated rings. The molecule has 78 valence electrons. The molecular weight excluding hydrogens is 208 g/mol. The molecule has 1 N–H and O–H groups in total. The largest absolute Gasteiger partial charge is 0.384 e. The third kappa shape index (κ3) is 2.30.